The van der Waals surface area contributed by atoms with Crippen LogP contribution in [0, 0.1) is 0 Å². The molecule has 0 amide bonds. The van der Waals surface area contributed by atoms with Gasteiger partial charge in [0.25, 0.3) is 0 Å². The summed E-state index contributed by atoms with van der Waals surface area (Å²) in [4.78, 5) is 1.19. The molecule has 2 aromatic rings. The van der Waals surface area contributed by atoms with Crippen LogP contribution in [0.3, 0.4) is 0 Å². The Bertz CT molecular complexity index is 610. The van der Waals surface area contributed by atoms with E-state index < -0.39 is 0 Å². The average molecular weight is 291 g/mol. The van der Waals surface area contributed by atoms with Gasteiger partial charge in [-0.1, -0.05) is 36.7 Å². The molecule has 0 aliphatic carbocycles. The summed E-state index contributed by atoms with van der Waals surface area (Å²) in [7, 11) is 0. The van der Waals surface area contributed by atoms with Gasteiger partial charge in [-0.25, -0.2) is 0 Å². The molecule has 0 N–H and O–H groups in total. The van der Waals surface area contributed by atoms with Gasteiger partial charge in [-0.3, -0.25) is 0 Å². The molecular weight excluding hydrogens is 276 g/mol. The third kappa shape index (κ3) is 2.47. The van der Waals surface area contributed by atoms with Crippen molar-refractivity contribution >= 4 is 23.4 Å². The van der Waals surface area contributed by atoms with Gasteiger partial charge in [-0.15, -0.1) is 11.8 Å². The van der Waals surface area contributed by atoms with Crippen LogP contribution in [0.2, 0.25) is 5.02 Å². The second-order valence-corrected chi connectivity index (χ2v) is 6.13. The molecule has 0 spiro atoms. The minimum atomic E-state index is 0.797. The van der Waals surface area contributed by atoms with Gasteiger partial charge in [0.1, 0.15) is 11.5 Å². The van der Waals surface area contributed by atoms with Crippen molar-refractivity contribution in [1.82, 2.24) is 0 Å². The Morgan fingerprint density at radius 2 is 2.05 bits per heavy atom. The molecule has 2 aromatic carbocycles. The van der Waals surface area contributed by atoms with Crippen LogP contribution in [0.25, 0.3) is 0 Å². The first kappa shape index (κ1) is 12.9. The van der Waals surface area contributed by atoms with Crippen molar-refractivity contribution in [3.8, 4) is 11.5 Å². The molecular formula is C16H15ClOS. The van der Waals surface area contributed by atoms with Crippen LogP contribution in [-0.2, 0) is 6.42 Å². The van der Waals surface area contributed by atoms with E-state index in [9.17, 15) is 0 Å². The maximum absolute atomic E-state index is 6.33. The van der Waals surface area contributed by atoms with E-state index in [1.165, 1.54) is 10.5 Å². The molecule has 19 heavy (non-hydrogen) atoms. The molecule has 3 heteroatoms. The SMILES string of the molecule is CCCSc1ccc(Cl)c2c1Oc1ccccc1C2. The lowest BCUT2D eigenvalue weighted by molar-refractivity contribution is 0.448. The molecule has 0 bridgehead atoms. The second-order valence-electron chi connectivity index (χ2n) is 4.59. The van der Waals surface area contributed by atoms with Gasteiger partial charge in [0.05, 0.1) is 4.90 Å². The third-order valence-electron chi connectivity index (χ3n) is 3.18. The molecule has 0 atom stereocenters. The topological polar surface area (TPSA) is 9.23 Å². The van der Waals surface area contributed by atoms with Crippen molar-refractivity contribution < 1.29 is 4.74 Å². The molecule has 0 aromatic heterocycles. The number of hydrogen-bond acceptors (Lipinski definition) is 2. The number of para-hydroxylation sites is 1. The molecule has 0 unspecified atom stereocenters. The first-order valence-corrected chi connectivity index (χ1v) is 7.86. The first-order valence-electron chi connectivity index (χ1n) is 6.49. The minimum Gasteiger partial charge on any atom is -0.456 e. The number of rotatable bonds is 3. The molecule has 1 aliphatic rings. The molecule has 98 valence electrons. The Hall–Kier alpha value is -1.12. The van der Waals surface area contributed by atoms with E-state index >= 15 is 0 Å². The highest BCUT2D eigenvalue weighted by Crippen LogP contribution is 2.45. The molecule has 1 nitrogen and oxygen atoms in total. The fraction of sp³-hybridized carbons (Fsp3) is 0.250. The molecule has 0 saturated heterocycles. The zero-order valence-corrected chi connectivity index (χ0v) is 12.4. The number of fused-ring (bicyclic) bond motifs is 2. The monoisotopic (exact) mass is 290 g/mol. The molecule has 1 aliphatic heterocycles. The van der Waals surface area contributed by atoms with Crippen LogP contribution in [0.5, 0.6) is 11.5 Å². The summed E-state index contributed by atoms with van der Waals surface area (Å²) >= 11 is 8.16. The normalized spacial score (nSPS) is 12.5. The van der Waals surface area contributed by atoms with Crippen molar-refractivity contribution in [1.29, 1.82) is 0 Å². The lowest BCUT2D eigenvalue weighted by atomic mass is 10.0. The van der Waals surface area contributed by atoms with Crippen molar-refractivity contribution in [3.05, 3.63) is 52.5 Å². The van der Waals surface area contributed by atoms with Crippen LogP contribution in [-0.4, -0.2) is 5.75 Å². The maximum Gasteiger partial charge on any atom is 0.146 e. The van der Waals surface area contributed by atoms with Gasteiger partial charge in [-0.05, 0) is 35.9 Å². The summed E-state index contributed by atoms with van der Waals surface area (Å²) in [5.41, 5.74) is 2.32. The van der Waals surface area contributed by atoms with Gasteiger partial charge < -0.3 is 4.74 Å². The van der Waals surface area contributed by atoms with Crippen molar-refractivity contribution in [2.75, 3.05) is 5.75 Å². The lowest BCUT2D eigenvalue weighted by Crippen LogP contribution is -2.04. The number of benzene rings is 2. The van der Waals surface area contributed by atoms with Crippen molar-refractivity contribution in [2.24, 2.45) is 0 Å². The highest BCUT2D eigenvalue weighted by molar-refractivity contribution is 7.99. The highest BCUT2D eigenvalue weighted by Gasteiger charge is 2.22. The summed E-state index contributed by atoms with van der Waals surface area (Å²) in [6.45, 7) is 2.19. The summed E-state index contributed by atoms with van der Waals surface area (Å²) in [5, 5.41) is 0.797. The van der Waals surface area contributed by atoms with Crippen LogP contribution < -0.4 is 4.74 Å². The van der Waals surface area contributed by atoms with Crippen LogP contribution in [0.15, 0.2) is 41.3 Å². The van der Waals surface area contributed by atoms with Gasteiger partial charge in [0.15, 0.2) is 0 Å². The Labute approximate surface area is 122 Å². The van der Waals surface area contributed by atoms with Gasteiger partial charge in [0, 0.05) is 17.0 Å². The average Bonchev–Trinajstić information content (AvgIpc) is 2.45. The molecule has 0 radical (unpaired) electrons. The van der Waals surface area contributed by atoms with Crippen molar-refractivity contribution in [2.45, 2.75) is 24.7 Å². The van der Waals surface area contributed by atoms with E-state index in [0.29, 0.717) is 0 Å². The third-order valence-corrected chi connectivity index (χ3v) is 4.78. The summed E-state index contributed by atoms with van der Waals surface area (Å²) in [5.74, 6) is 3.00. The van der Waals surface area contributed by atoms with Crippen molar-refractivity contribution in [3.63, 3.8) is 0 Å². The smallest absolute Gasteiger partial charge is 0.146 e. The Morgan fingerprint density at radius 1 is 1.21 bits per heavy atom. The van der Waals surface area contributed by atoms with Gasteiger partial charge in [0.2, 0.25) is 0 Å². The van der Waals surface area contributed by atoms with E-state index in [1.807, 2.05) is 36.0 Å². The van der Waals surface area contributed by atoms with Gasteiger partial charge in [-0.2, -0.15) is 0 Å². The molecule has 1 heterocycles. The quantitative estimate of drug-likeness (QED) is 0.586. The Morgan fingerprint density at radius 3 is 2.89 bits per heavy atom. The highest BCUT2D eigenvalue weighted by atomic mass is 35.5. The van der Waals surface area contributed by atoms with Gasteiger partial charge >= 0.3 is 0 Å². The van der Waals surface area contributed by atoms with E-state index in [2.05, 4.69) is 19.1 Å². The summed E-state index contributed by atoms with van der Waals surface area (Å²) in [6.07, 6.45) is 2.00. The van der Waals surface area contributed by atoms with Crippen LogP contribution in [0.1, 0.15) is 24.5 Å². The van der Waals surface area contributed by atoms with E-state index in [0.717, 1.165) is 40.7 Å². The largest absolute Gasteiger partial charge is 0.456 e. The van der Waals surface area contributed by atoms with Crippen LogP contribution in [0.4, 0.5) is 0 Å². The maximum atomic E-state index is 6.33. The zero-order chi connectivity index (χ0) is 13.2. The summed E-state index contributed by atoms with van der Waals surface area (Å²) < 4.78 is 6.08. The number of thioether (sulfide) groups is 1. The minimum absolute atomic E-state index is 0.797. The summed E-state index contributed by atoms with van der Waals surface area (Å²) in [6, 6.07) is 12.2. The fourth-order valence-corrected chi connectivity index (χ4v) is 3.33. The number of ether oxygens (including phenoxy) is 1. The van der Waals surface area contributed by atoms with Crippen LogP contribution >= 0.6 is 23.4 Å². The van der Waals surface area contributed by atoms with E-state index in [4.69, 9.17) is 16.3 Å². The van der Waals surface area contributed by atoms with E-state index in [-0.39, 0.29) is 0 Å². The molecule has 0 saturated carbocycles. The zero-order valence-electron chi connectivity index (χ0n) is 10.8. The number of hydrogen-bond donors (Lipinski definition) is 0. The standard InChI is InChI=1S/C16H15ClOS/c1-2-9-19-15-8-7-13(17)12-10-11-5-3-4-6-14(11)18-16(12)15/h3-8H,2,9-10H2,1H3. The predicted octanol–water partition coefficient (Wildman–Crippen LogP) is 5.54. The number of halogens is 1. The van der Waals surface area contributed by atoms with E-state index in [1.54, 1.807) is 0 Å². The first-order chi connectivity index (χ1) is 9.29. The Kier molecular flexibility index (Phi) is 3.72. The lowest BCUT2D eigenvalue weighted by Gasteiger charge is -2.23. The second kappa shape index (κ2) is 5.48. The molecule has 0 fully saturated rings. The molecule has 3 rings (SSSR count). The predicted molar refractivity (Wildman–Crippen MR) is 81.8 cm³/mol. The Balaban J connectivity index is 2.03. The fourth-order valence-electron chi connectivity index (χ4n) is 2.23.